The lowest BCUT2D eigenvalue weighted by molar-refractivity contribution is 0.0951. The molecule has 1 amide bonds. The van der Waals surface area contributed by atoms with Crippen LogP contribution >= 0.6 is 38.2 Å². The van der Waals surface area contributed by atoms with E-state index >= 15 is 0 Å². The lowest BCUT2D eigenvalue weighted by atomic mass is 10.2. The normalized spacial score (nSPS) is 11.4. The first kappa shape index (κ1) is 18.7. The Kier molecular flexibility index (Phi) is 7.42. The number of rotatable bonds is 7. The molecule has 1 aromatic rings. The van der Waals surface area contributed by atoms with Gasteiger partial charge in [-0.1, -0.05) is 27.5 Å². The van der Waals surface area contributed by atoms with Gasteiger partial charge in [0.25, 0.3) is 15.0 Å². The van der Waals surface area contributed by atoms with E-state index in [-0.39, 0.29) is 15.5 Å². The van der Waals surface area contributed by atoms with Crippen LogP contribution in [0.3, 0.4) is 0 Å². The number of halogens is 3. The number of hydrogen-bond donors (Lipinski definition) is 1. The molecule has 0 heterocycles. The standard InChI is InChI=1S/C12H14BrCl2NO4S/c1-20-5-3-2-4-16-12(17)9-6-8(13)7-10(11(9)14)21(15,18)19/h6-7H,2-5H2,1H3,(H,16,17). The summed E-state index contributed by atoms with van der Waals surface area (Å²) >= 11 is 9.09. The van der Waals surface area contributed by atoms with Crippen molar-refractivity contribution in [1.29, 1.82) is 0 Å². The topological polar surface area (TPSA) is 72.5 Å². The molecule has 0 saturated carbocycles. The molecule has 0 aliphatic heterocycles. The van der Waals surface area contributed by atoms with Gasteiger partial charge in [-0.2, -0.15) is 0 Å². The molecule has 0 aliphatic carbocycles. The van der Waals surface area contributed by atoms with Gasteiger partial charge in [0, 0.05) is 35.4 Å². The number of amides is 1. The van der Waals surface area contributed by atoms with Crippen LogP contribution in [0.1, 0.15) is 23.2 Å². The van der Waals surface area contributed by atoms with Crippen molar-refractivity contribution in [2.24, 2.45) is 0 Å². The van der Waals surface area contributed by atoms with Gasteiger partial charge in [-0.3, -0.25) is 4.79 Å². The zero-order valence-corrected chi connectivity index (χ0v) is 15.1. The molecule has 1 aromatic carbocycles. The average molecular weight is 419 g/mol. The number of nitrogens with one attached hydrogen (secondary N) is 1. The van der Waals surface area contributed by atoms with Gasteiger partial charge in [-0.25, -0.2) is 8.42 Å². The Morgan fingerprint density at radius 1 is 1.38 bits per heavy atom. The summed E-state index contributed by atoms with van der Waals surface area (Å²) in [6.45, 7) is 1.05. The van der Waals surface area contributed by atoms with Crippen LogP contribution in [0.2, 0.25) is 5.02 Å². The lowest BCUT2D eigenvalue weighted by Crippen LogP contribution is -2.25. The molecule has 0 aromatic heterocycles. The molecular weight excluding hydrogens is 405 g/mol. The number of ether oxygens (including phenoxy) is 1. The van der Waals surface area contributed by atoms with Gasteiger partial charge >= 0.3 is 0 Å². The molecule has 0 fully saturated rings. The summed E-state index contributed by atoms with van der Waals surface area (Å²) in [6, 6.07) is 2.69. The van der Waals surface area contributed by atoms with Crippen LogP contribution in [0.4, 0.5) is 0 Å². The number of carbonyl (C=O) groups is 1. The van der Waals surface area contributed by atoms with Crippen LogP contribution in [0.25, 0.3) is 0 Å². The van der Waals surface area contributed by atoms with Crippen LogP contribution in [0, 0.1) is 0 Å². The van der Waals surface area contributed by atoms with Crippen molar-refractivity contribution in [2.75, 3.05) is 20.3 Å². The highest BCUT2D eigenvalue weighted by Gasteiger charge is 2.21. The molecule has 0 radical (unpaired) electrons. The largest absolute Gasteiger partial charge is 0.385 e. The molecule has 118 valence electrons. The molecular formula is C12H14BrCl2NO4S. The number of hydrogen-bond acceptors (Lipinski definition) is 4. The Balaban J connectivity index is 2.88. The predicted molar refractivity (Wildman–Crippen MR) is 85.6 cm³/mol. The third-order valence-electron chi connectivity index (χ3n) is 2.57. The Hall–Kier alpha value is -0.340. The van der Waals surface area contributed by atoms with Gasteiger partial charge in [0.2, 0.25) is 0 Å². The van der Waals surface area contributed by atoms with Crippen LogP contribution in [0.15, 0.2) is 21.5 Å². The molecule has 0 spiro atoms. The maximum atomic E-state index is 12.0. The van der Waals surface area contributed by atoms with E-state index in [1.54, 1.807) is 7.11 Å². The molecule has 0 atom stereocenters. The Labute approximate surface area is 141 Å². The van der Waals surface area contributed by atoms with Crippen molar-refractivity contribution in [3.05, 3.63) is 27.2 Å². The highest BCUT2D eigenvalue weighted by molar-refractivity contribution is 9.10. The molecule has 1 rings (SSSR count). The minimum absolute atomic E-state index is 0.0528. The van der Waals surface area contributed by atoms with E-state index in [1.165, 1.54) is 12.1 Å². The summed E-state index contributed by atoms with van der Waals surface area (Å²) in [7, 11) is 2.87. The van der Waals surface area contributed by atoms with Crippen LogP contribution < -0.4 is 5.32 Å². The molecule has 0 saturated heterocycles. The fraction of sp³-hybridized carbons (Fsp3) is 0.417. The van der Waals surface area contributed by atoms with E-state index in [1.807, 2.05) is 0 Å². The third-order valence-corrected chi connectivity index (χ3v) is 4.90. The van der Waals surface area contributed by atoms with Gasteiger partial charge in [0.05, 0.1) is 10.6 Å². The summed E-state index contributed by atoms with van der Waals surface area (Å²) in [5, 5.41) is 2.47. The van der Waals surface area contributed by atoms with Crippen LogP contribution in [-0.2, 0) is 13.8 Å². The molecule has 0 unspecified atom stereocenters. The fourth-order valence-corrected chi connectivity index (χ4v) is 3.76. The number of carbonyl (C=O) groups excluding carboxylic acids is 1. The highest BCUT2D eigenvalue weighted by Crippen LogP contribution is 2.31. The van der Waals surface area contributed by atoms with E-state index in [0.717, 1.165) is 12.8 Å². The van der Waals surface area contributed by atoms with Crippen molar-refractivity contribution < 1.29 is 17.9 Å². The first-order chi connectivity index (χ1) is 9.77. The second-order valence-electron chi connectivity index (χ2n) is 4.16. The smallest absolute Gasteiger partial charge is 0.262 e. The van der Waals surface area contributed by atoms with E-state index in [0.29, 0.717) is 17.6 Å². The summed E-state index contributed by atoms with van der Waals surface area (Å²) < 4.78 is 28.2. The maximum absolute atomic E-state index is 12.0. The Morgan fingerprint density at radius 3 is 2.62 bits per heavy atom. The van der Waals surface area contributed by atoms with Gasteiger partial charge in [0.15, 0.2) is 0 Å². The molecule has 5 nitrogen and oxygen atoms in total. The fourth-order valence-electron chi connectivity index (χ4n) is 1.58. The molecule has 21 heavy (non-hydrogen) atoms. The van der Waals surface area contributed by atoms with E-state index in [4.69, 9.17) is 27.0 Å². The van der Waals surface area contributed by atoms with Crippen molar-refractivity contribution in [1.82, 2.24) is 5.32 Å². The Bertz CT molecular complexity index is 622. The zero-order valence-electron chi connectivity index (χ0n) is 11.2. The van der Waals surface area contributed by atoms with Gasteiger partial charge in [-0.05, 0) is 25.0 Å². The molecule has 0 aliphatic rings. The molecule has 0 bridgehead atoms. The van der Waals surface area contributed by atoms with Crippen molar-refractivity contribution >= 4 is 53.2 Å². The van der Waals surface area contributed by atoms with Crippen molar-refractivity contribution in [2.45, 2.75) is 17.7 Å². The maximum Gasteiger partial charge on any atom is 0.262 e. The number of unbranched alkanes of at least 4 members (excludes halogenated alkanes) is 1. The average Bonchev–Trinajstić information content (AvgIpc) is 2.39. The van der Waals surface area contributed by atoms with Crippen LogP contribution in [0.5, 0.6) is 0 Å². The third kappa shape index (κ3) is 5.75. The van der Waals surface area contributed by atoms with E-state index in [9.17, 15) is 13.2 Å². The Morgan fingerprint density at radius 2 is 2.05 bits per heavy atom. The monoisotopic (exact) mass is 417 g/mol. The summed E-state index contributed by atoms with van der Waals surface area (Å²) in [6.07, 6.45) is 1.55. The lowest BCUT2D eigenvalue weighted by Gasteiger charge is -2.09. The first-order valence-electron chi connectivity index (χ1n) is 5.98. The zero-order chi connectivity index (χ0) is 16.0. The summed E-state index contributed by atoms with van der Waals surface area (Å²) in [4.78, 5) is 11.7. The number of methoxy groups -OCH3 is 1. The first-order valence-corrected chi connectivity index (χ1v) is 9.46. The highest BCUT2D eigenvalue weighted by atomic mass is 79.9. The molecule has 1 N–H and O–H groups in total. The quantitative estimate of drug-likeness (QED) is 0.545. The summed E-state index contributed by atoms with van der Waals surface area (Å²) in [5.41, 5.74) is 0.0528. The number of benzene rings is 1. The van der Waals surface area contributed by atoms with Gasteiger partial charge in [0.1, 0.15) is 4.90 Å². The second kappa shape index (κ2) is 8.33. The minimum atomic E-state index is -4.03. The van der Waals surface area contributed by atoms with Gasteiger partial charge in [-0.15, -0.1) is 0 Å². The second-order valence-corrected chi connectivity index (χ2v) is 7.99. The van der Waals surface area contributed by atoms with Gasteiger partial charge < -0.3 is 10.1 Å². The van der Waals surface area contributed by atoms with Crippen molar-refractivity contribution in [3.8, 4) is 0 Å². The predicted octanol–water partition coefficient (Wildman–Crippen LogP) is 3.19. The van der Waals surface area contributed by atoms with Crippen molar-refractivity contribution in [3.63, 3.8) is 0 Å². The van der Waals surface area contributed by atoms with E-state index < -0.39 is 15.0 Å². The SMILES string of the molecule is COCCCCNC(=O)c1cc(Br)cc(S(=O)(=O)Cl)c1Cl. The summed E-state index contributed by atoms with van der Waals surface area (Å²) in [5.74, 6) is -0.458. The van der Waals surface area contributed by atoms with E-state index in [2.05, 4.69) is 21.2 Å². The molecule has 9 heteroatoms. The minimum Gasteiger partial charge on any atom is -0.385 e. The van der Waals surface area contributed by atoms with Crippen LogP contribution in [-0.4, -0.2) is 34.6 Å².